The minimum absolute atomic E-state index is 0.868. The Kier molecular flexibility index (Phi) is 3.18. The van der Waals surface area contributed by atoms with Gasteiger partial charge < -0.3 is 5.32 Å². The molecule has 1 heterocycles. The van der Waals surface area contributed by atoms with Gasteiger partial charge in [0.25, 0.3) is 0 Å². The smallest absolute Gasteiger partial charge is 0.0300 e. The summed E-state index contributed by atoms with van der Waals surface area (Å²) in [5, 5.41) is 5.75. The minimum Gasteiger partial charge on any atom is -0.312 e. The Balaban J connectivity index is 1.46. The normalized spacial score (nSPS) is 31.4. The molecule has 0 spiro atoms. The number of hydrogen-bond donors (Lipinski definition) is 1. The lowest BCUT2D eigenvalue weighted by atomic mass is 9.94. The second-order valence-electron chi connectivity index (χ2n) is 4.90. The molecule has 1 saturated carbocycles. The molecule has 1 aromatic rings. The van der Waals surface area contributed by atoms with Gasteiger partial charge in [-0.25, -0.2) is 0 Å². The third kappa shape index (κ3) is 2.27. The number of halogens is 1. The average molecular weight is 298 g/mol. The van der Waals surface area contributed by atoms with E-state index in [4.69, 9.17) is 0 Å². The molecule has 3 unspecified atom stereocenters. The van der Waals surface area contributed by atoms with Gasteiger partial charge in [0, 0.05) is 21.3 Å². The molecule has 0 saturated heterocycles. The summed E-state index contributed by atoms with van der Waals surface area (Å²) in [6.45, 7) is 2.20. The summed E-state index contributed by atoms with van der Waals surface area (Å²) < 4.78 is 1.21. The van der Waals surface area contributed by atoms with Crippen molar-refractivity contribution in [2.24, 2.45) is 17.8 Å². The van der Waals surface area contributed by atoms with Gasteiger partial charge >= 0.3 is 0 Å². The highest BCUT2D eigenvalue weighted by Gasteiger charge is 2.34. The Labute approximate surface area is 109 Å². The van der Waals surface area contributed by atoms with E-state index in [0.29, 0.717) is 0 Å². The molecule has 2 aliphatic carbocycles. The van der Waals surface area contributed by atoms with Gasteiger partial charge in [-0.15, -0.1) is 11.3 Å². The number of hydrogen-bond acceptors (Lipinski definition) is 2. The van der Waals surface area contributed by atoms with E-state index >= 15 is 0 Å². The molecule has 1 N–H and O–H groups in total. The molecule has 3 rings (SSSR count). The van der Waals surface area contributed by atoms with Crippen LogP contribution in [0.1, 0.15) is 17.7 Å². The van der Waals surface area contributed by atoms with Crippen LogP contribution in [0, 0.1) is 17.8 Å². The van der Waals surface area contributed by atoms with E-state index in [0.717, 1.165) is 24.3 Å². The summed E-state index contributed by atoms with van der Waals surface area (Å²) in [5.41, 5.74) is 0. The first kappa shape index (κ1) is 11.0. The van der Waals surface area contributed by atoms with Crippen molar-refractivity contribution >= 4 is 27.3 Å². The lowest BCUT2D eigenvalue weighted by Gasteiger charge is -2.18. The maximum Gasteiger partial charge on any atom is 0.0300 e. The third-order valence-electron chi connectivity index (χ3n) is 3.74. The van der Waals surface area contributed by atoms with Crippen LogP contribution in [0.5, 0.6) is 0 Å². The second-order valence-corrected chi connectivity index (χ2v) is 6.81. The summed E-state index contributed by atoms with van der Waals surface area (Å²) in [6, 6.07) is 2.21. The summed E-state index contributed by atoms with van der Waals surface area (Å²) in [4.78, 5) is 1.42. The fraction of sp³-hybridized carbons (Fsp3) is 0.538. The van der Waals surface area contributed by atoms with Crippen LogP contribution in [0.15, 0.2) is 28.1 Å². The molecule has 1 nitrogen and oxygen atoms in total. The lowest BCUT2D eigenvalue weighted by Crippen LogP contribution is -2.24. The predicted molar refractivity (Wildman–Crippen MR) is 72.6 cm³/mol. The van der Waals surface area contributed by atoms with Crippen molar-refractivity contribution in [3.05, 3.63) is 32.9 Å². The van der Waals surface area contributed by atoms with Crippen LogP contribution in [0.2, 0.25) is 0 Å². The quantitative estimate of drug-likeness (QED) is 0.833. The molecule has 1 aromatic heterocycles. The maximum absolute atomic E-state index is 3.60. The van der Waals surface area contributed by atoms with Gasteiger partial charge in [0.15, 0.2) is 0 Å². The topological polar surface area (TPSA) is 12.0 Å². The van der Waals surface area contributed by atoms with Crippen molar-refractivity contribution in [1.29, 1.82) is 0 Å². The van der Waals surface area contributed by atoms with E-state index in [2.05, 4.69) is 44.8 Å². The Morgan fingerprint density at radius 2 is 2.31 bits per heavy atom. The Morgan fingerprint density at radius 3 is 2.94 bits per heavy atom. The van der Waals surface area contributed by atoms with Gasteiger partial charge in [0.1, 0.15) is 0 Å². The van der Waals surface area contributed by atoms with Crippen LogP contribution in [0.3, 0.4) is 0 Å². The molecule has 3 heteroatoms. The molecular formula is C13H16BrNS. The minimum atomic E-state index is 0.868. The second kappa shape index (κ2) is 4.63. The number of rotatable bonds is 4. The molecule has 0 amide bonds. The summed E-state index contributed by atoms with van der Waals surface area (Å²) in [5.74, 6) is 2.65. The molecule has 86 valence electrons. The van der Waals surface area contributed by atoms with Gasteiger partial charge in [0.2, 0.25) is 0 Å². The first-order valence-corrected chi connectivity index (χ1v) is 7.60. The zero-order valence-corrected chi connectivity index (χ0v) is 11.6. The lowest BCUT2D eigenvalue weighted by molar-refractivity contribution is 0.415. The van der Waals surface area contributed by atoms with Gasteiger partial charge in [-0.05, 0) is 59.1 Å². The highest BCUT2D eigenvalue weighted by Crippen LogP contribution is 2.42. The maximum atomic E-state index is 3.60. The van der Waals surface area contributed by atoms with Crippen molar-refractivity contribution in [2.45, 2.75) is 19.4 Å². The third-order valence-corrected chi connectivity index (χ3v) is 5.44. The highest BCUT2D eigenvalue weighted by molar-refractivity contribution is 9.10. The SMILES string of the molecule is Brc1csc(CNCC2CC3C=CC2C3)c1. The number of fused-ring (bicyclic) bond motifs is 2. The fourth-order valence-electron chi connectivity index (χ4n) is 2.96. The Bertz CT molecular complexity index is 398. The van der Waals surface area contributed by atoms with Crippen LogP contribution < -0.4 is 5.32 Å². The zero-order valence-electron chi connectivity index (χ0n) is 9.16. The predicted octanol–water partition coefficient (Wildman–Crippen LogP) is 3.81. The number of allylic oxidation sites excluding steroid dienone is 2. The molecule has 0 radical (unpaired) electrons. The Morgan fingerprint density at radius 1 is 1.38 bits per heavy atom. The summed E-state index contributed by atoms with van der Waals surface area (Å²) in [6.07, 6.45) is 7.67. The molecule has 0 aliphatic heterocycles. The molecule has 1 fully saturated rings. The Hall–Kier alpha value is -0.120. The molecule has 2 bridgehead atoms. The van der Waals surface area contributed by atoms with Crippen molar-refractivity contribution in [3.63, 3.8) is 0 Å². The van der Waals surface area contributed by atoms with Crippen LogP contribution in [0.25, 0.3) is 0 Å². The summed E-state index contributed by atoms with van der Waals surface area (Å²) in [7, 11) is 0. The molecule has 3 atom stereocenters. The van der Waals surface area contributed by atoms with E-state index in [1.165, 1.54) is 28.7 Å². The van der Waals surface area contributed by atoms with Crippen molar-refractivity contribution in [2.75, 3.05) is 6.54 Å². The van der Waals surface area contributed by atoms with Crippen LogP contribution in [-0.2, 0) is 6.54 Å². The van der Waals surface area contributed by atoms with E-state index in [1.807, 2.05) is 11.3 Å². The first-order chi connectivity index (χ1) is 7.81. The molecular weight excluding hydrogens is 282 g/mol. The largest absolute Gasteiger partial charge is 0.312 e. The van der Waals surface area contributed by atoms with E-state index in [9.17, 15) is 0 Å². The van der Waals surface area contributed by atoms with Gasteiger partial charge in [-0.2, -0.15) is 0 Å². The van der Waals surface area contributed by atoms with Crippen LogP contribution in [-0.4, -0.2) is 6.54 Å². The van der Waals surface area contributed by atoms with Crippen molar-refractivity contribution in [3.8, 4) is 0 Å². The summed E-state index contributed by atoms with van der Waals surface area (Å²) >= 11 is 5.31. The number of nitrogens with one attached hydrogen (secondary N) is 1. The average Bonchev–Trinajstić information content (AvgIpc) is 2.94. The van der Waals surface area contributed by atoms with Crippen molar-refractivity contribution in [1.82, 2.24) is 5.32 Å². The molecule has 16 heavy (non-hydrogen) atoms. The van der Waals surface area contributed by atoms with Crippen LogP contribution in [0.4, 0.5) is 0 Å². The standard InChI is InChI=1S/C13H16BrNS/c14-12-5-13(16-8-12)7-15-6-11-4-9-1-2-10(11)3-9/h1-2,5,8-11,15H,3-4,6-7H2. The molecule has 0 aromatic carbocycles. The monoisotopic (exact) mass is 297 g/mol. The molecule has 2 aliphatic rings. The van der Waals surface area contributed by atoms with Crippen LogP contribution >= 0.6 is 27.3 Å². The number of thiophene rings is 1. The zero-order chi connectivity index (χ0) is 11.0. The van der Waals surface area contributed by atoms with Gasteiger partial charge in [-0.1, -0.05) is 12.2 Å². The first-order valence-electron chi connectivity index (χ1n) is 5.93. The highest BCUT2D eigenvalue weighted by atomic mass is 79.9. The van der Waals surface area contributed by atoms with Gasteiger partial charge in [0.05, 0.1) is 0 Å². The van der Waals surface area contributed by atoms with E-state index in [1.54, 1.807) is 0 Å². The van der Waals surface area contributed by atoms with Gasteiger partial charge in [-0.3, -0.25) is 0 Å². The van der Waals surface area contributed by atoms with E-state index in [-0.39, 0.29) is 0 Å². The van der Waals surface area contributed by atoms with Crippen molar-refractivity contribution < 1.29 is 0 Å². The fourth-order valence-corrected chi connectivity index (χ4v) is 4.38. The van der Waals surface area contributed by atoms with E-state index < -0.39 is 0 Å².